The van der Waals surface area contributed by atoms with Gasteiger partial charge in [-0.25, -0.2) is 4.79 Å². The third-order valence-corrected chi connectivity index (χ3v) is 4.85. The molecule has 0 aliphatic carbocycles. The molecule has 4 aromatic rings. The van der Waals surface area contributed by atoms with Crippen molar-refractivity contribution in [1.29, 1.82) is 0 Å². The van der Waals surface area contributed by atoms with Gasteiger partial charge in [0.1, 0.15) is 16.9 Å². The minimum Gasteiger partial charge on any atom is -0.507 e. The molecule has 0 saturated carbocycles. The topological polar surface area (TPSA) is 107 Å². The van der Waals surface area contributed by atoms with E-state index in [1.54, 1.807) is 48.5 Å². The molecule has 0 bridgehead atoms. The van der Waals surface area contributed by atoms with E-state index in [9.17, 15) is 19.5 Å². The first-order valence-corrected chi connectivity index (χ1v) is 8.83. The molecule has 2 heterocycles. The lowest BCUT2D eigenvalue weighted by Crippen LogP contribution is -2.23. The second-order valence-electron chi connectivity index (χ2n) is 6.50. The molecule has 29 heavy (non-hydrogen) atoms. The van der Waals surface area contributed by atoms with Crippen molar-refractivity contribution >= 4 is 27.9 Å². The van der Waals surface area contributed by atoms with Crippen molar-refractivity contribution in [3.8, 4) is 5.75 Å². The molecular formula is C22H16O7. The van der Waals surface area contributed by atoms with E-state index in [-0.39, 0.29) is 28.9 Å². The van der Waals surface area contributed by atoms with Crippen molar-refractivity contribution in [3.63, 3.8) is 0 Å². The third kappa shape index (κ3) is 3.16. The second kappa shape index (κ2) is 7.27. The number of carbonyl (C=O) groups is 1. The maximum absolute atomic E-state index is 13.1. The zero-order chi connectivity index (χ0) is 20.5. The Hall–Kier alpha value is -3.87. The van der Waals surface area contributed by atoms with Crippen LogP contribution in [0.25, 0.3) is 21.9 Å². The van der Waals surface area contributed by atoms with E-state index in [0.717, 1.165) is 0 Å². The van der Waals surface area contributed by atoms with Crippen molar-refractivity contribution in [1.82, 2.24) is 0 Å². The van der Waals surface area contributed by atoms with Gasteiger partial charge in [0.25, 0.3) is 0 Å². The summed E-state index contributed by atoms with van der Waals surface area (Å²) in [6.07, 6.45) is 0.850. The van der Waals surface area contributed by atoms with Crippen LogP contribution in [0.1, 0.15) is 23.5 Å². The standard InChI is InChI=1S/C22H16O7/c1-27-18(23)10-14(15-11-28-16-8-4-2-6-12(16)20(15)24)19-21(25)13-7-3-5-9-17(13)29-22(19)26/h2-9,11,14,25H,10H2,1H3/t14-/m0/s1. The molecule has 1 N–H and O–H groups in total. The Labute approximate surface area is 163 Å². The molecule has 0 spiro atoms. The molecule has 1 atom stereocenters. The predicted octanol–water partition coefficient (Wildman–Crippen LogP) is 3.30. The summed E-state index contributed by atoms with van der Waals surface area (Å²) in [5.41, 5.74) is -0.840. The van der Waals surface area contributed by atoms with Gasteiger partial charge in [0.15, 0.2) is 5.43 Å². The first-order chi connectivity index (χ1) is 14.0. The third-order valence-electron chi connectivity index (χ3n) is 4.85. The van der Waals surface area contributed by atoms with Crippen molar-refractivity contribution < 1.29 is 23.5 Å². The SMILES string of the molecule is COC(=O)C[C@H](c1c(O)c2ccccc2oc1=O)c1coc2ccccc2c1=O. The van der Waals surface area contributed by atoms with Gasteiger partial charge in [-0.2, -0.15) is 0 Å². The number of ether oxygens (including phenoxy) is 1. The van der Waals surface area contributed by atoms with Gasteiger partial charge in [0.05, 0.1) is 36.1 Å². The van der Waals surface area contributed by atoms with Gasteiger partial charge in [-0.1, -0.05) is 24.3 Å². The molecule has 0 amide bonds. The van der Waals surface area contributed by atoms with E-state index in [2.05, 4.69) is 0 Å². The number of para-hydroxylation sites is 2. The monoisotopic (exact) mass is 392 g/mol. The van der Waals surface area contributed by atoms with Crippen LogP contribution in [-0.4, -0.2) is 18.2 Å². The highest BCUT2D eigenvalue weighted by molar-refractivity contribution is 5.85. The fraction of sp³-hybridized carbons (Fsp3) is 0.136. The van der Waals surface area contributed by atoms with Gasteiger partial charge in [0, 0.05) is 11.5 Å². The summed E-state index contributed by atoms with van der Waals surface area (Å²) in [4.78, 5) is 37.8. The fourth-order valence-electron chi connectivity index (χ4n) is 3.41. The molecule has 0 saturated heterocycles. The Bertz CT molecular complexity index is 1350. The van der Waals surface area contributed by atoms with Crippen molar-refractivity contribution in [2.75, 3.05) is 7.11 Å². The van der Waals surface area contributed by atoms with E-state index in [1.807, 2.05) is 0 Å². The number of carbonyl (C=O) groups excluding carboxylic acids is 1. The quantitative estimate of drug-likeness (QED) is 0.419. The van der Waals surface area contributed by atoms with E-state index in [1.165, 1.54) is 13.4 Å². The van der Waals surface area contributed by atoms with Crippen LogP contribution in [0, 0.1) is 0 Å². The van der Waals surface area contributed by atoms with Crippen LogP contribution < -0.4 is 11.1 Å². The zero-order valence-electron chi connectivity index (χ0n) is 15.4. The molecule has 0 radical (unpaired) electrons. The first kappa shape index (κ1) is 18.5. The number of methoxy groups -OCH3 is 1. The molecule has 4 rings (SSSR count). The normalized spacial score (nSPS) is 12.2. The zero-order valence-corrected chi connectivity index (χ0v) is 15.4. The van der Waals surface area contributed by atoms with Crippen LogP contribution in [0.3, 0.4) is 0 Å². The number of hydrogen-bond donors (Lipinski definition) is 1. The molecule has 2 aromatic carbocycles. The van der Waals surface area contributed by atoms with Crippen LogP contribution in [0.15, 0.2) is 73.2 Å². The van der Waals surface area contributed by atoms with Gasteiger partial charge < -0.3 is 18.7 Å². The van der Waals surface area contributed by atoms with Crippen LogP contribution in [0.4, 0.5) is 0 Å². The summed E-state index contributed by atoms with van der Waals surface area (Å²) in [6.45, 7) is 0. The summed E-state index contributed by atoms with van der Waals surface area (Å²) >= 11 is 0. The minimum atomic E-state index is -1.11. The highest BCUT2D eigenvalue weighted by Crippen LogP contribution is 2.35. The lowest BCUT2D eigenvalue weighted by Gasteiger charge is -2.17. The summed E-state index contributed by atoms with van der Waals surface area (Å²) in [6, 6.07) is 13.1. The second-order valence-corrected chi connectivity index (χ2v) is 6.50. The van der Waals surface area contributed by atoms with Crippen LogP contribution in [0.5, 0.6) is 5.75 Å². The van der Waals surface area contributed by atoms with Gasteiger partial charge >= 0.3 is 11.6 Å². The lowest BCUT2D eigenvalue weighted by atomic mass is 9.88. The highest BCUT2D eigenvalue weighted by atomic mass is 16.5. The molecule has 7 heteroatoms. The Morgan fingerprint density at radius 1 is 1.03 bits per heavy atom. The van der Waals surface area contributed by atoms with Gasteiger partial charge in [-0.3, -0.25) is 9.59 Å². The summed E-state index contributed by atoms with van der Waals surface area (Å²) in [7, 11) is 1.20. The van der Waals surface area contributed by atoms with Crippen LogP contribution in [0.2, 0.25) is 0 Å². The first-order valence-electron chi connectivity index (χ1n) is 8.83. The number of benzene rings is 2. The van der Waals surface area contributed by atoms with Crippen LogP contribution in [-0.2, 0) is 9.53 Å². The largest absolute Gasteiger partial charge is 0.507 e. The average Bonchev–Trinajstić information content (AvgIpc) is 2.73. The summed E-state index contributed by atoms with van der Waals surface area (Å²) in [5, 5.41) is 11.4. The smallest absolute Gasteiger partial charge is 0.343 e. The van der Waals surface area contributed by atoms with E-state index in [0.29, 0.717) is 16.4 Å². The Kier molecular flexibility index (Phi) is 4.64. The van der Waals surface area contributed by atoms with Crippen molar-refractivity contribution in [2.45, 2.75) is 12.3 Å². The molecule has 2 aromatic heterocycles. The van der Waals surface area contributed by atoms with E-state index >= 15 is 0 Å². The maximum atomic E-state index is 13.1. The summed E-state index contributed by atoms with van der Waals surface area (Å²) in [5.74, 6) is -2.11. The average molecular weight is 392 g/mol. The van der Waals surface area contributed by atoms with Crippen LogP contribution >= 0.6 is 0 Å². The lowest BCUT2D eigenvalue weighted by molar-refractivity contribution is -0.140. The molecular weight excluding hydrogens is 376 g/mol. The fourth-order valence-corrected chi connectivity index (χ4v) is 3.41. The molecule has 0 aliphatic rings. The molecule has 0 aliphatic heterocycles. The Morgan fingerprint density at radius 3 is 2.41 bits per heavy atom. The number of fused-ring (bicyclic) bond motifs is 2. The highest BCUT2D eigenvalue weighted by Gasteiger charge is 2.30. The maximum Gasteiger partial charge on any atom is 0.343 e. The molecule has 0 unspecified atom stereocenters. The molecule has 0 fully saturated rings. The number of hydrogen-bond acceptors (Lipinski definition) is 7. The molecule has 146 valence electrons. The Morgan fingerprint density at radius 2 is 1.69 bits per heavy atom. The summed E-state index contributed by atoms with van der Waals surface area (Å²) < 4.78 is 15.6. The predicted molar refractivity (Wildman–Crippen MR) is 105 cm³/mol. The van der Waals surface area contributed by atoms with E-state index in [4.69, 9.17) is 13.6 Å². The van der Waals surface area contributed by atoms with E-state index < -0.39 is 22.9 Å². The van der Waals surface area contributed by atoms with Gasteiger partial charge in [-0.05, 0) is 24.3 Å². The minimum absolute atomic E-state index is 0.0481. The van der Waals surface area contributed by atoms with Crippen molar-refractivity contribution in [3.05, 3.63) is 86.6 Å². The van der Waals surface area contributed by atoms with Gasteiger partial charge in [-0.15, -0.1) is 0 Å². The van der Waals surface area contributed by atoms with Crippen molar-refractivity contribution in [2.24, 2.45) is 0 Å². The Balaban J connectivity index is 2.01. The number of esters is 1. The number of rotatable bonds is 4. The molecule has 7 nitrogen and oxygen atoms in total. The number of aromatic hydroxyl groups is 1. The van der Waals surface area contributed by atoms with Gasteiger partial charge in [0.2, 0.25) is 0 Å².